The largest absolute Gasteiger partial charge is 0.341 e. The van der Waals surface area contributed by atoms with Crippen molar-refractivity contribution in [2.75, 3.05) is 26.2 Å². The Kier molecular flexibility index (Phi) is 3.93. The standard InChI is InChI=1S/C13H16Cl2N4/c14-9-6-11-12(7-10(9)15)18-13(17-11)8-19-4-1-2-16-3-5-19/h6-7,16H,1-5,8H2,(H,17,18). The van der Waals surface area contributed by atoms with Crippen LogP contribution in [-0.2, 0) is 6.54 Å². The number of hydrogen-bond donors (Lipinski definition) is 2. The van der Waals surface area contributed by atoms with Crippen LogP contribution in [0.15, 0.2) is 12.1 Å². The molecule has 1 aromatic heterocycles. The number of nitrogens with one attached hydrogen (secondary N) is 2. The van der Waals surface area contributed by atoms with E-state index in [1.165, 1.54) is 6.42 Å². The summed E-state index contributed by atoms with van der Waals surface area (Å²) in [5, 5.41) is 4.50. The van der Waals surface area contributed by atoms with E-state index < -0.39 is 0 Å². The molecule has 1 saturated heterocycles. The molecule has 0 atom stereocenters. The molecule has 0 amide bonds. The van der Waals surface area contributed by atoms with Gasteiger partial charge in [-0.3, -0.25) is 4.90 Å². The third-order valence-electron chi connectivity index (χ3n) is 3.38. The van der Waals surface area contributed by atoms with Gasteiger partial charge in [0.25, 0.3) is 0 Å². The number of aromatic amines is 1. The van der Waals surface area contributed by atoms with Crippen LogP contribution in [-0.4, -0.2) is 41.0 Å². The zero-order valence-corrected chi connectivity index (χ0v) is 12.1. The van der Waals surface area contributed by atoms with Gasteiger partial charge in [0.15, 0.2) is 0 Å². The van der Waals surface area contributed by atoms with Crippen molar-refractivity contribution in [3.63, 3.8) is 0 Å². The van der Waals surface area contributed by atoms with Gasteiger partial charge in [-0.25, -0.2) is 4.98 Å². The second kappa shape index (κ2) is 5.67. The minimum Gasteiger partial charge on any atom is -0.341 e. The van der Waals surface area contributed by atoms with Crippen molar-refractivity contribution in [3.8, 4) is 0 Å². The van der Waals surface area contributed by atoms with Crippen LogP contribution in [0.4, 0.5) is 0 Å². The Morgan fingerprint density at radius 3 is 2.89 bits per heavy atom. The van der Waals surface area contributed by atoms with Crippen molar-refractivity contribution >= 4 is 34.2 Å². The number of rotatable bonds is 2. The van der Waals surface area contributed by atoms with Crippen molar-refractivity contribution in [1.29, 1.82) is 0 Å². The molecule has 2 N–H and O–H groups in total. The number of nitrogens with zero attached hydrogens (tertiary/aromatic N) is 2. The van der Waals surface area contributed by atoms with E-state index in [0.717, 1.165) is 49.6 Å². The molecule has 19 heavy (non-hydrogen) atoms. The zero-order chi connectivity index (χ0) is 13.2. The van der Waals surface area contributed by atoms with Gasteiger partial charge in [0.2, 0.25) is 0 Å². The molecule has 1 aliphatic heterocycles. The molecule has 3 rings (SSSR count). The predicted molar refractivity (Wildman–Crippen MR) is 78.9 cm³/mol. The minimum absolute atomic E-state index is 0.547. The Morgan fingerprint density at radius 1 is 1.16 bits per heavy atom. The Hall–Kier alpha value is -0.810. The highest BCUT2D eigenvalue weighted by molar-refractivity contribution is 6.42. The van der Waals surface area contributed by atoms with Crippen LogP contribution in [0.25, 0.3) is 11.0 Å². The fraction of sp³-hybridized carbons (Fsp3) is 0.462. The van der Waals surface area contributed by atoms with E-state index in [9.17, 15) is 0 Å². The molecule has 0 spiro atoms. The fourth-order valence-corrected chi connectivity index (χ4v) is 2.73. The SMILES string of the molecule is Clc1cc2nc(CN3CCCNCC3)[nH]c2cc1Cl. The fourth-order valence-electron chi connectivity index (χ4n) is 2.40. The zero-order valence-electron chi connectivity index (χ0n) is 10.5. The first kappa shape index (κ1) is 13.2. The Bertz CT molecular complexity index is 534. The highest BCUT2D eigenvalue weighted by atomic mass is 35.5. The average Bonchev–Trinajstić information content (AvgIpc) is 2.60. The highest BCUT2D eigenvalue weighted by Gasteiger charge is 2.12. The maximum absolute atomic E-state index is 6.01. The van der Waals surface area contributed by atoms with E-state index in [1.807, 2.05) is 12.1 Å². The lowest BCUT2D eigenvalue weighted by Crippen LogP contribution is -2.28. The summed E-state index contributed by atoms with van der Waals surface area (Å²) in [6, 6.07) is 3.64. The molecule has 6 heteroatoms. The number of halogens is 2. The Balaban J connectivity index is 1.80. The topological polar surface area (TPSA) is 44.0 Å². The second-order valence-electron chi connectivity index (χ2n) is 4.85. The Morgan fingerprint density at radius 2 is 2.00 bits per heavy atom. The van der Waals surface area contributed by atoms with Gasteiger partial charge < -0.3 is 10.3 Å². The summed E-state index contributed by atoms with van der Waals surface area (Å²) in [4.78, 5) is 10.3. The first-order chi connectivity index (χ1) is 9.22. The molecule has 0 unspecified atom stereocenters. The number of hydrogen-bond acceptors (Lipinski definition) is 3. The van der Waals surface area contributed by atoms with Crippen molar-refractivity contribution in [2.24, 2.45) is 0 Å². The normalized spacial score (nSPS) is 17.8. The molecular weight excluding hydrogens is 283 g/mol. The molecule has 2 aromatic rings. The molecule has 2 heterocycles. The van der Waals surface area contributed by atoms with Gasteiger partial charge in [-0.15, -0.1) is 0 Å². The van der Waals surface area contributed by atoms with E-state index >= 15 is 0 Å². The molecule has 0 radical (unpaired) electrons. The number of fused-ring (bicyclic) bond motifs is 1. The third kappa shape index (κ3) is 3.03. The monoisotopic (exact) mass is 298 g/mol. The van der Waals surface area contributed by atoms with E-state index in [-0.39, 0.29) is 0 Å². The number of aromatic nitrogens is 2. The van der Waals surface area contributed by atoms with Gasteiger partial charge in [0, 0.05) is 13.1 Å². The van der Waals surface area contributed by atoms with Gasteiger partial charge in [-0.2, -0.15) is 0 Å². The van der Waals surface area contributed by atoms with Crippen LogP contribution in [0.3, 0.4) is 0 Å². The quantitative estimate of drug-likeness (QED) is 0.896. The van der Waals surface area contributed by atoms with Crippen LogP contribution < -0.4 is 5.32 Å². The maximum atomic E-state index is 6.01. The number of H-pyrrole nitrogens is 1. The molecule has 0 aliphatic carbocycles. The van der Waals surface area contributed by atoms with Crippen molar-refractivity contribution in [2.45, 2.75) is 13.0 Å². The Labute approximate surface area is 122 Å². The summed E-state index contributed by atoms with van der Waals surface area (Å²) >= 11 is 12.0. The maximum Gasteiger partial charge on any atom is 0.121 e. The first-order valence-corrected chi connectivity index (χ1v) is 7.25. The molecule has 0 bridgehead atoms. The lowest BCUT2D eigenvalue weighted by atomic mass is 10.3. The minimum atomic E-state index is 0.547. The first-order valence-electron chi connectivity index (χ1n) is 6.49. The van der Waals surface area contributed by atoms with E-state index in [2.05, 4.69) is 20.2 Å². The highest BCUT2D eigenvalue weighted by Crippen LogP contribution is 2.26. The van der Waals surface area contributed by atoms with Gasteiger partial charge in [-0.1, -0.05) is 23.2 Å². The molecule has 1 fully saturated rings. The van der Waals surface area contributed by atoms with Gasteiger partial charge in [0.05, 0.1) is 27.6 Å². The van der Waals surface area contributed by atoms with Crippen LogP contribution in [0.2, 0.25) is 10.0 Å². The molecule has 1 aliphatic rings. The van der Waals surface area contributed by atoms with Gasteiger partial charge in [-0.05, 0) is 31.6 Å². The molecule has 4 nitrogen and oxygen atoms in total. The summed E-state index contributed by atoms with van der Waals surface area (Å²) in [7, 11) is 0. The van der Waals surface area contributed by atoms with Crippen LogP contribution in [0.5, 0.6) is 0 Å². The van der Waals surface area contributed by atoms with Crippen LogP contribution >= 0.6 is 23.2 Å². The summed E-state index contributed by atoms with van der Waals surface area (Å²) in [5.41, 5.74) is 1.81. The van der Waals surface area contributed by atoms with Crippen molar-refractivity contribution in [3.05, 3.63) is 28.0 Å². The third-order valence-corrected chi connectivity index (χ3v) is 4.10. The second-order valence-corrected chi connectivity index (χ2v) is 5.66. The summed E-state index contributed by atoms with van der Waals surface area (Å²) in [6.07, 6.45) is 1.18. The van der Waals surface area contributed by atoms with Gasteiger partial charge in [0.1, 0.15) is 5.82 Å². The van der Waals surface area contributed by atoms with Crippen LogP contribution in [0.1, 0.15) is 12.2 Å². The summed E-state index contributed by atoms with van der Waals surface area (Å²) in [6.45, 7) is 5.13. The van der Waals surface area contributed by atoms with E-state index in [0.29, 0.717) is 10.0 Å². The van der Waals surface area contributed by atoms with Gasteiger partial charge >= 0.3 is 0 Å². The van der Waals surface area contributed by atoms with Crippen molar-refractivity contribution < 1.29 is 0 Å². The lowest BCUT2D eigenvalue weighted by molar-refractivity contribution is 0.278. The van der Waals surface area contributed by atoms with Crippen LogP contribution in [0, 0.1) is 0 Å². The molecule has 1 aromatic carbocycles. The molecule has 102 valence electrons. The number of imidazole rings is 1. The lowest BCUT2D eigenvalue weighted by Gasteiger charge is -2.17. The summed E-state index contributed by atoms with van der Waals surface area (Å²) in [5.74, 6) is 0.968. The van der Waals surface area contributed by atoms with E-state index in [1.54, 1.807) is 0 Å². The predicted octanol–water partition coefficient (Wildman–Crippen LogP) is 2.67. The van der Waals surface area contributed by atoms with Crippen molar-refractivity contribution in [1.82, 2.24) is 20.2 Å². The average molecular weight is 299 g/mol. The molecular formula is C13H16Cl2N4. The van der Waals surface area contributed by atoms with E-state index in [4.69, 9.17) is 23.2 Å². The molecule has 0 saturated carbocycles. The number of benzene rings is 1. The smallest absolute Gasteiger partial charge is 0.121 e. The summed E-state index contributed by atoms with van der Waals surface area (Å²) < 4.78 is 0.